The van der Waals surface area contributed by atoms with Crippen molar-refractivity contribution in [3.05, 3.63) is 30.6 Å². The number of aromatic nitrogens is 4. The molecule has 80 valence electrons. The third-order valence-corrected chi connectivity index (χ3v) is 2.46. The smallest absolute Gasteiger partial charge is 0.141 e. The van der Waals surface area contributed by atoms with Crippen molar-refractivity contribution in [2.24, 2.45) is 0 Å². The molecule has 2 aromatic heterocycles. The monoisotopic (exact) mass is 214 g/mol. The van der Waals surface area contributed by atoms with E-state index in [0.717, 1.165) is 28.2 Å². The van der Waals surface area contributed by atoms with Crippen LogP contribution in [0.2, 0.25) is 0 Å². The Morgan fingerprint density at radius 3 is 3.00 bits per heavy atom. The van der Waals surface area contributed by atoms with E-state index in [0.29, 0.717) is 0 Å². The highest BCUT2D eigenvalue weighted by atomic mass is 16.5. The summed E-state index contributed by atoms with van der Waals surface area (Å²) in [6, 6.07) is 5.74. The van der Waals surface area contributed by atoms with E-state index in [4.69, 9.17) is 4.74 Å². The molecular formula is C11H10N4O. The topological polar surface area (TPSA) is 66.6 Å². The molecule has 0 bridgehead atoms. The minimum absolute atomic E-state index is 0.803. The second kappa shape index (κ2) is 3.37. The molecule has 5 nitrogen and oxygen atoms in total. The second-order valence-electron chi connectivity index (χ2n) is 3.46. The van der Waals surface area contributed by atoms with E-state index < -0.39 is 0 Å². The number of ether oxygens (including phenoxy) is 1. The lowest BCUT2D eigenvalue weighted by Gasteiger charge is -1.96. The lowest BCUT2D eigenvalue weighted by Crippen LogP contribution is -1.81. The minimum atomic E-state index is 0.803. The van der Waals surface area contributed by atoms with E-state index in [2.05, 4.69) is 20.2 Å². The number of nitrogens with one attached hydrogen (secondary N) is 2. The van der Waals surface area contributed by atoms with E-state index >= 15 is 0 Å². The summed E-state index contributed by atoms with van der Waals surface area (Å²) in [5, 5.41) is 6.65. The van der Waals surface area contributed by atoms with Crippen LogP contribution in [0.25, 0.3) is 22.4 Å². The molecule has 0 aliphatic carbocycles. The fraction of sp³-hybridized carbons (Fsp3) is 0.0909. The van der Waals surface area contributed by atoms with Crippen LogP contribution in [-0.4, -0.2) is 27.3 Å². The van der Waals surface area contributed by atoms with Gasteiger partial charge in [-0.3, -0.25) is 5.10 Å². The standard InChI is InChI=1S/C11H10N4O/c1-16-8-2-3-9-10(4-8)15-11(14-9)7-5-12-13-6-7/h2-6H,1H3,(H,12,13)(H,14,15). The van der Waals surface area contributed by atoms with Crippen LogP contribution in [0.5, 0.6) is 5.75 Å². The number of nitrogens with zero attached hydrogens (tertiary/aromatic N) is 2. The van der Waals surface area contributed by atoms with Gasteiger partial charge >= 0.3 is 0 Å². The Bertz CT molecular complexity index is 612. The van der Waals surface area contributed by atoms with Gasteiger partial charge in [0.1, 0.15) is 11.6 Å². The van der Waals surface area contributed by atoms with Crippen LogP contribution >= 0.6 is 0 Å². The molecule has 0 atom stereocenters. The molecule has 0 amide bonds. The van der Waals surface area contributed by atoms with Gasteiger partial charge in [0, 0.05) is 12.3 Å². The third-order valence-electron chi connectivity index (χ3n) is 2.46. The first-order valence-corrected chi connectivity index (χ1v) is 4.90. The molecule has 0 aliphatic heterocycles. The summed E-state index contributed by atoms with van der Waals surface area (Å²) in [5.41, 5.74) is 2.81. The number of H-pyrrole nitrogens is 2. The van der Waals surface area contributed by atoms with Crippen LogP contribution in [0, 0.1) is 0 Å². The van der Waals surface area contributed by atoms with Crippen LogP contribution in [0.4, 0.5) is 0 Å². The molecule has 0 saturated carbocycles. The van der Waals surface area contributed by atoms with Crippen LogP contribution in [0.15, 0.2) is 30.6 Å². The molecule has 0 fully saturated rings. The van der Waals surface area contributed by atoms with E-state index in [-0.39, 0.29) is 0 Å². The number of hydrogen-bond donors (Lipinski definition) is 2. The van der Waals surface area contributed by atoms with Crippen LogP contribution in [0.3, 0.4) is 0 Å². The van der Waals surface area contributed by atoms with Crippen molar-refractivity contribution in [3.8, 4) is 17.1 Å². The largest absolute Gasteiger partial charge is 0.497 e. The van der Waals surface area contributed by atoms with Gasteiger partial charge < -0.3 is 9.72 Å². The summed E-state index contributed by atoms with van der Waals surface area (Å²) >= 11 is 0. The maximum absolute atomic E-state index is 5.16. The van der Waals surface area contributed by atoms with Crippen molar-refractivity contribution in [2.45, 2.75) is 0 Å². The summed E-state index contributed by atoms with van der Waals surface area (Å²) in [4.78, 5) is 7.68. The maximum atomic E-state index is 5.16. The Hall–Kier alpha value is -2.30. The Balaban J connectivity index is 2.16. The molecule has 2 heterocycles. The molecule has 1 aromatic carbocycles. The lowest BCUT2D eigenvalue weighted by atomic mass is 10.3. The zero-order chi connectivity index (χ0) is 11.0. The number of methoxy groups -OCH3 is 1. The van der Waals surface area contributed by atoms with Crippen molar-refractivity contribution < 1.29 is 4.74 Å². The van der Waals surface area contributed by atoms with Crippen LogP contribution in [-0.2, 0) is 0 Å². The van der Waals surface area contributed by atoms with Gasteiger partial charge in [0.15, 0.2) is 0 Å². The first-order valence-electron chi connectivity index (χ1n) is 4.90. The number of aromatic amines is 2. The highest BCUT2D eigenvalue weighted by Crippen LogP contribution is 2.22. The molecular weight excluding hydrogens is 204 g/mol. The van der Waals surface area contributed by atoms with Gasteiger partial charge in [-0.05, 0) is 12.1 Å². The van der Waals surface area contributed by atoms with Gasteiger partial charge in [-0.25, -0.2) is 4.98 Å². The first kappa shape index (κ1) is 8.96. The molecule has 3 aromatic rings. The van der Waals surface area contributed by atoms with Crippen molar-refractivity contribution in [3.63, 3.8) is 0 Å². The van der Waals surface area contributed by atoms with Crippen molar-refractivity contribution >= 4 is 11.0 Å². The van der Waals surface area contributed by atoms with Gasteiger partial charge in [-0.1, -0.05) is 0 Å². The lowest BCUT2D eigenvalue weighted by molar-refractivity contribution is 0.415. The SMILES string of the molecule is COc1ccc2nc(-c3cn[nH]c3)[nH]c2c1. The zero-order valence-corrected chi connectivity index (χ0v) is 8.69. The predicted molar refractivity (Wildman–Crippen MR) is 60.2 cm³/mol. The highest BCUT2D eigenvalue weighted by molar-refractivity contribution is 5.80. The number of hydrogen-bond acceptors (Lipinski definition) is 3. The van der Waals surface area contributed by atoms with Crippen LogP contribution < -0.4 is 4.74 Å². The maximum Gasteiger partial charge on any atom is 0.141 e. The Labute approximate surface area is 91.5 Å². The quantitative estimate of drug-likeness (QED) is 0.685. The van der Waals surface area contributed by atoms with Crippen molar-refractivity contribution in [1.29, 1.82) is 0 Å². The molecule has 0 radical (unpaired) electrons. The first-order chi connectivity index (χ1) is 7.86. The van der Waals surface area contributed by atoms with E-state index in [1.54, 1.807) is 19.5 Å². The summed E-state index contributed by atoms with van der Waals surface area (Å²) in [6.45, 7) is 0. The van der Waals surface area contributed by atoms with E-state index in [1.807, 2.05) is 18.2 Å². The van der Waals surface area contributed by atoms with E-state index in [9.17, 15) is 0 Å². The number of benzene rings is 1. The van der Waals surface area contributed by atoms with Gasteiger partial charge in [0.25, 0.3) is 0 Å². The molecule has 0 aliphatic rings. The summed E-state index contributed by atoms with van der Waals surface area (Å²) in [6.07, 6.45) is 3.53. The van der Waals surface area contributed by atoms with Gasteiger partial charge in [0.05, 0.1) is 29.9 Å². The predicted octanol–water partition coefficient (Wildman–Crippen LogP) is 1.96. The van der Waals surface area contributed by atoms with Gasteiger partial charge in [-0.15, -0.1) is 0 Å². The molecule has 5 heteroatoms. The fourth-order valence-corrected chi connectivity index (χ4v) is 1.63. The Morgan fingerprint density at radius 2 is 2.25 bits per heavy atom. The number of fused-ring (bicyclic) bond motifs is 1. The molecule has 0 saturated heterocycles. The number of imidazole rings is 1. The summed E-state index contributed by atoms with van der Waals surface area (Å²) in [5.74, 6) is 1.62. The molecule has 16 heavy (non-hydrogen) atoms. The Kier molecular flexibility index (Phi) is 1.89. The summed E-state index contributed by atoms with van der Waals surface area (Å²) in [7, 11) is 1.65. The highest BCUT2D eigenvalue weighted by Gasteiger charge is 2.06. The van der Waals surface area contributed by atoms with E-state index in [1.165, 1.54) is 0 Å². The zero-order valence-electron chi connectivity index (χ0n) is 8.69. The normalized spacial score (nSPS) is 10.8. The second-order valence-corrected chi connectivity index (χ2v) is 3.46. The average molecular weight is 214 g/mol. The third kappa shape index (κ3) is 1.33. The molecule has 0 unspecified atom stereocenters. The van der Waals surface area contributed by atoms with Gasteiger partial charge in [-0.2, -0.15) is 5.10 Å². The average Bonchev–Trinajstić information content (AvgIpc) is 2.96. The van der Waals surface area contributed by atoms with Crippen molar-refractivity contribution in [1.82, 2.24) is 20.2 Å². The number of rotatable bonds is 2. The molecule has 3 rings (SSSR count). The molecule has 2 N–H and O–H groups in total. The minimum Gasteiger partial charge on any atom is -0.497 e. The van der Waals surface area contributed by atoms with Gasteiger partial charge in [0.2, 0.25) is 0 Å². The fourth-order valence-electron chi connectivity index (χ4n) is 1.63. The molecule has 0 spiro atoms. The summed E-state index contributed by atoms with van der Waals surface area (Å²) < 4.78 is 5.16. The van der Waals surface area contributed by atoms with Crippen molar-refractivity contribution in [2.75, 3.05) is 7.11 Å². The Morgan fingerprint density at radius 1 is 1.31 bits per heavy atom. The van der Waals surface area contributed by atoms with Crippen LogP contribution in [0.1, 0.15) is 0 Å².